The Morgan fingerprint density at radius 1 is 1.25 bits per heavy atom. The number of aromatic carboxylic acids is 1. The summed E-state index contributed by atoms with van der Waals surface area (Å²) in [5.41, 5.74) is -0.966. The number of carbonyl (C=O) groups excluding carboxylic acids is 1. The molecule has 0 saturated carbocycles. The monoisotopic (exact) mass is 466 g/mol. The summed E-state index contributed by atoms with van der Waals surface area (Å²) >= 11 is 6.09. The Morgan fingerprint density at radius 2 is 2.00 bits per heavy atom. The average Bonchev–Trinajstić information content (AvgIpc) is 3.12. The molecular weight excluding hydrogens is 452 g/mol. The van der Waals surface area contributed by atoms with Crippen molar-refractivity contribution in [1.29, 1.82) is 0 Å². The number of hydrogen-bond acceptors (Lipinski definition) is 3. The van der Waals surface area contributed by atoms with Crippen molar-refractivity contribution >= 4 is 29.4 Å². The molecule has 0 fully saturated rings. The third kappa shape index (κ3) is 3.77. The van der Waals surface area contributed by atoms with Gasteiger partial charge in [0, 0.05) is 11.1 Å². The minimum absolute atomic E-state index is 0.130. The van der Waals surface area contributed by atoms with E-state index in [0.717, 1.165) is 22.9 Å². The number of allylic oxidation sites excluding steroid dienone is 5. The van der Waals surface area contributed by atoms with Crippen LogP contribution in [0.1, 0.15) is 38.5 Å². The molecule has 0 amide bonds. The third-order valence-electron chi connectivity index (χ3n) is 5.35. The van der Waals surface area contributed by atoms with Crippen molar-refractivity contribution in [2.75, 3.05) is 0 Å². The van der Waals surface area contributed by atoms with Crippen LogP contribution < -0.4 is 0 Å². The van der Waals surface area contributed by atoms with Crippen LogP contribution in [-0.2, 0) is 6.42 Å². The van der Waals surface area contributed by atoms with E-state index in [4.69, 9.17) is 16.7 Å². The van der Waals surface area contributed by atoms with Gasteiger partial charge in [-0.3, -0.25) is 4.79 Å². The van der Waals surface area contributed by atoms with Gasteiger partial charge in [0.15, 0.2) is 5.78 Å². The van der Waals surface area contributed by atoms with Crippen LogP contribution in [0.3, 0.4) is 0 Å². The van der Waals surface area contributed by atoms with Gasteiger partial charge in [0.25, 0.3) is 0 Å². The van der Waals surface area contributed by atoms with E-state index in [1.54, 1.807) is 12.2 Å². The van der Waals surface area contributed by atoms with E-state index < -0.39 is 40.6 Å². The number of nitrogens with zero attached hydrogens (tertiary/aromatic N) is 2. The Balaban J connectivity index is 1.84. The van der Waals surface area contributed by atoms with Gasteiger partial charge in [0.1, 0.15) is 17.2 Å². The highest BCUT2D eigenvalue weighted by molar-refractivity contribution is 6.24. The molecule has 0 spiro atoms. The number of carbonyl (C=O) groups is 2. The number of hydrogen-bond donors (Lipinski definition) is 1. The molecule has 2 aliphatic rings. The summed E-state index contributed by atoms with van der Waals surface area (Å²) in [4.78, 5) is 24.4. The third-order valence-corrected chi connectivity index (χ3v) is 5.75. The number of alkyl halides is 4. The van der Waals surface area contributed by atoms with Crippen molar-refractivity contribution in [3.63, 3.8) is 0 Å². The maximum atomic E-state index is 14.7. The lowest BCUT2D eigenvalue weighted by molar-refractivity contribution is -0.0975. The summed E-state index contributed by atoms with van der Waals surface area (Å²) in [5, 5.41) is 12.0. The molecule has 4 rings (SSSR count). The number of rotatable bonds is 4. The molecule has 0 bridgehead atoms. The first-order valence-corrected chi connectivity index (χ1v) is 9.98. The number of aromatic nitrogens is 2. The normalized spacial score (nSPS) is 20.1. The number of benzene rings is 1. The molecule has 32 heavy (non-hydrogen) atoms. The van der Waals surface area contributed by atoms with Crippen LogP contribution >= 0.6 is 11.6 Å². The van der Waals surface area contributed by atoms with Gasteiger partial charge in [-0.1, -0.05) is 24.3 Å². The maximum absolute atomic E-state index is 14.7. The summed E-state index contributed by atoms with van der Waals surface area (Å²) in [5.74, 6) is -4.83. The minimum Gasteiger partial charge on any atom is -0.478 e. The largest absolute Gasteiger partial charge is 0.478 e. The first kappa shape index (κ1) is 22.0. The highest BCUT2D eigenvalue weighted by Crippen LogP contribution is 2.40. The number of ketones is 1. The van der Waals surface area contributed by atoms with Crippen LogP contribution in [-0.4, -0.2) is 38.2 Å². The van der Waals surface area contributed by atoms with Crippen LogP contribution in [0.25, 0.3) is 11.8 Å². The van der Waals surface area contributed by atoms with E-state index in [-0.39, 0.29) is 16.9 Å². The molecule has 1 N–H and O–H groups in total. The minimum atomic E-state index is -4.76. The number of Topliss-reactive ketones (excluding diaryl/α,β-unsaturated/α-hetero) is 1. The van der Waals surface area contributed by atoms with Crippen LogP contribution in [0.5, 0.6) is 0 Å². The van der Waals surface area contributed by atoms with Crippen LogP contribution in [0.4, 0.5) is 17.6 Å². The van der Waals surface area contributed by atoms with Crippen molar-refractivity contribution in [1.82, 2.24) is 9.78 Å². The standard InChI is InChI=1S/C22H15ClF4N2O3/c23-14-6-3-5-13(22(25,26)27)18(14)20(30)19-12-4-1-2-7-16(12)29(28-19)17-9-8-11(21(31)32)10-15(17)24/h2-3,5-10,14,18H,1,4H2,(H,31,32). The van der Waals surface area contributed by atoms with Crippen LogP contribution in [0.2, 0.25) is 0 Å². The molecular formula is C22H15ClF4N2O3. The van der Waals surface area contributed by atoms with Gasteiger partial charge in [0.2, 0.25) is 0 Å². The van der Waals surface area contributed by atoms with E-state index in [1.807, 2.05) is 0 Å². The molecule has 0 radical (unpaired) electrons. The fourth-order valence-corrected chi connectivity index (χ4v) is 4.19. The van der Waals surface area contributed by atoms with Gasteiger partial charge in [-0.25, -0.2) is 13.9 Å². The molecule has 1 aromatic heterocycles. The SMILES string of the molecule is O=C(O)c1ccc(-n2nc(C(=O)C3C(C(F)(F)F)=CC=CC3Cl)c3c2C=CCC3)c(F)c1. The molecule has 2 unspecified atom stereocenters. The lowest BCUT2D eigenvalue weighted by atomic mass is 9.84. The van der Waals surface area contributed by atoms with Crippen molar-refractivity contribution in [3.05, 3.63) is 76.4 Å². The van der Waals surface area contributed by atoms with Crippen LogP contribution in [0.15, 0.2) is 48.1 Å². The summed E-state index contributed by atoms with van der Waals surface area (Å²) in [6.07, 6.45) is 2.72. The predicted octanol–water partition coefficient (Wildman–Crippen LogP) is 5.13. The second-order valence-corrected chi connectivity index (χ2v) is 7.83. The average molecular weight is 467 g/mol. The Morgan fingerprint density at radius 3 is 2.66 bits per heavy atom. The van der Waals surface area contributed by atoms with Crippen molar-refractivity contribution in [2.24, 2.45) is 5.92 Å². The van der Waals surface area contributed by atoms with E-state index in [2.05, 4.69) is 5.10 Å². The Kier molecular flexibility index (Phi) is 5.54. The molecule has 10 heteroatoms. The van der Waals surface area contributed by atoms with E-state index in [9.17, 15) is 27.2 Å². The maximum Gasteiger partial charge on any atom is 0.413 e. The first-order valence-electron chi connectivity index (χ1n) is 9.55. The first-order chi connectivity index (χ1) is 15.1. The zero-order valence-corrected chi connectivity index (χ0v) is 17.0. The molecule has 1 aromatic carbocycles. The lowest BCUT2D eigenvalue weighted by Gasteiger charge is -2.25. The quantitative estimate of drug-likeness (QED) is 0.385. The molecule has 2 aliphatic carbocycles. The molecule has 2 atom stereocenters. The highest BCUT2D eigenvalue weighted by Gasteiger charge is 2.46. The van der Waals surface area contributed by atoms with Gasteiger partial charge in [0.05, 0.1) is 22.6 Å². The van der Waals surface area contributed by atoms with Crippen molar-refractivity contribution in [3.8, 4) is 5.69 Å². The molecule has 2 aromatic rings. The summed E-state index contributed by atoms with van der Waals surface area (Å²) in [6, 6.07) is 3.18. The van der Waals surface area contributed by atoms with Gasteiger partial charge in [-0.15, -0.1) is 11.6 Å². The van der Waals surface area contributed by atoms with E-state index in [0.29, 0.717) is 24.1 Å². The summed E-state index contributed by atoms with van der Waals surface area (Å²) in [7, 11) is 0. The Hall–Kier alpha value is -3.20. The van der Waals surface area contributed by atoms with Gasteiger partial charge in [-0.2, -0.15) is 18.3 Å². The van der Waals surface area contributed by atoms with Gasteiger partial charge in [-0.05, 0) is 37.1 Å². The highest BCUT2D eigenvalue weighted by atomic mass is 35.5. The smallest absolute Gasteiger partial charge is 0.413 e. The fourth-order valence-electron chi connectivity index (χ4n) is 3.85. The predicted molar refractivity (Wildman–Crippen MR) is 109 cm³/mol. The van der Waals surface area contributed by atoms with Gasteiger partial charge >= 0.3 is 12.1 Å². The fraction of sp³-hybridized carbons (Fsp3) is 0.227. The van der Waals surface area contributed by atoms with E-state index in [1.165, 1.54) is 18.2 Å². The van der Waals surface area contributed by atoms with E-state index >= 15 is 0 Å². The lowest BCUT2D eigenvalue weighted by Crippen LogP contribution is -2.34. The Bertz CT molecular complexity index is 1210. The van der Waals surface area contributed by atoms with Crippen LogP contribution in [0, 0.1) is 11.7 Å². The molecule has 0 aliphatic heterocycles. The topological polar surface area (TPSA) is 72.2 Å². The molecule has 0 saturated heterocycles. The summed E-state index contributed by atoms with van der Waals surface area (Å²) < 4.78 is 56.5. The zero-order chi connectivity index (χ0) is 23.2. The Labute approximate surface area is 184 Å². The number of carboxylic acid groups (broad SMARTS) is 1. The summed E-state index contributed by atoms with van der Waals surface area (Å²) in [6.45, 7) is 0. The zero-order valence-electron chi connectivity index (χ0n) is 16.2. The van der Waals surface area contributed by atoms with Crippen molar-refractivity contribution < 1.29 is 32.3 Å². The molecule has 5 nitrogen and oxygen atoms in total. The van der Waals surface area contributed by atoms with Gasteiger partial charge < -0.3 is 5.11 Å². The number of carboxylic acids is 1. The number of halogens is 5. The molecule has 1 heterocycles. The second kappa shape index (κ2) is 8.05. The molecule has 166 valence electrons. The van der Waals surface area contributed by atoms with Crippen molar-refractivity contribution in [2.45, 2.75) is 24.4 Å². The number of fused-ring (bicyclic) bond motifs is 1. The second-order valence-electron chi connectivity index (χ2n) is 7.33.